The van der Waals surface area contributed by atoms with Crippen LogP contribution < -0.4 is 4.72 Å². The van der Waals surface area contributed by atoms with Crippen LogP contribution in [0.3, 0.4) is 0 Å². The van der Waals surface area contributed by atoms with Gasteiger partial charge in [0.1, 0.15) is 0 Å². The van der Waals surface area contributed by atoms with E-state index in [0.717, 1.165) is 0 Å². The van der Waals surface area contributed by atoms with Gasteiger partial charge in [0.15, 0.2) is 0 Å². The molecule has 1 rings (SSSR count). The largest absolute Gasteiger partial charge is 0.285 e. The number of rotatable bonds is 0. The zero-order chi connectivity index (χ0) is 4.24. The van der Waals surface area contributed by atoms with Crippen molar-refractivity contribution in [3.63, 3.8) is 0 Å². The molecule has 1 N–H and O–H groups in total. The van der Waals surface area contributed by atoms with E-state index in [1.807, 2.05) is 5.41 Å². The summed E-state index contributed by atoms with van der Waals surface area (Å²) in [5.41, 5.74) is 0. The normalized spacial score (nSPS) is 14.7. The topological polar surface area (TPSA) is 12.0 Å². The molecule has 0 atom stereocenters. The first kappa shape index (κ1) is 3.63. The molecule has 0 saturated heterocycles. The fourth-order valence-electron chi connectivity index (χ4n) is 0.203. The molecule has 1 heterocycles. The molecule has 0 amide bonds. The fraction of sp³-hybridized carbons (Fsp3) is 0. The van der Waals surface area contributed by atoms with E-state index in [9.17, 15) is 0 Å². The molecule has 6 heavy (non-hydrogen) atoms. The van der Waals surface area contributed by atoms with Gasteiger partial charge in [0, 0.05) is 11.5 Å². The minimum Gasteiger partial charge on any atom is -0.285 e. The van der Waals surface area contributed by atoms with Gasteiger partial charge in [-0.15, -0.1) is 0 Å². The third kappa shape index (κ3) is 0.697. The Morgan fingerprint density at radius 1 is 1.67 bits per heavy atom. The zero-order valence-electron chi connectivity index (χ0n) is 3.06. The molecule has 0 unspecified atom stereocenters. The number of hydrogen-bond donors (Lipinski definition) is 1. The first-order valence-electron chi connectivity index (χ1n) is 1.56. The van der Waals surface area contributed by atoms with Crippen molar-refractivity contribution >= 4 is 11.9 Å². The van der Waals surface area contributed by atoms with Crippen LogP contribution in [0.4, 0.5) is 0 Å². The van der Waals surface area contributed by atoms with Gasteiger partial charge in [-0.1, -0.05) is 5.92 Å². The molecule has 1 aliphatic heterocycles. The molecule has 0 aliphatic carbocycles. The molecule has 0 aromatic carbocycles. The standard InChI is InChI=1S/C4H3NS/c1-2-4-6-5-3-1/h2,4-5H. The van der Waals surface area contributed by atoms with Crippen molar-refractivity contribution in [2.75, 3.05) is 0 Å². The summed E-state index contributed by atoms with van der Waals surface area (Å²) in [6, 6.07) is 2.66. The minimum absolute atomic E-state index is 1.49. The summed E-state index contributed by atoms with van der Waals surface area (Å²) in [7, 11) is 0. The molecule has 1 aliphatic rings. The van der Waals surface area contributed by atoms with E-state index in [1.165, 1.54) is 11.9 Å². The van der Waals surface area contributed by atoms with Crippen molar-refractivity contribution in [3.8, 4) is 12.0 Å². The second-order valence-electron chi connectivity index (χ2n) is 0.792. The Balaban J connectivity index is 2.58. The second-order valence-corrected chi connectivity index (χ2v) is 1.50. The van der Waals surface area contributed by atoms with E-state index >= 15 is 0 Å². The van der Waals surface area contributed by atoms with Crippen LogP contribution >= 0.6 is 11.9 Å². The Morgan fingerprint density at radius 3 is 2.83 bits per heavy atom. The molecule has 0 bridgehead atoms. The Bertz CT molecular complexity index is 117. The van der Waals surface area contributed by atoms with Crippen LogP contribution in [-0.4, -0.2) is 0 Å². The van der Waals surface area contributed by atoms with Crippen molar-refractivity contribution < 1.29 is 0 Å². The van der Waals surface area contributed by atoms with Gasteiger partial charge in [0.2, 0.25) is 0 Å². The van der Waals surface area contributed by atoms with Gasteiger partial charge in [0.05, 0.1) is 0 Å². The molecule has 0 saturated carbocycles. The van der Waals surface area contributed by atoms with Crippen molar-refractivity contribution in [3.05, 3.63) is 11.5 Å². The number of hydrogen-bond acceptors (Lipinski definition) is 2. The molecule has 0 radical (unpaired) electrons. The summed E-state index contributed by atoms with van der Waals surface area (Å²) in [6.45, 7) is 0. The molecule has 1 nitrogen and oxygen atoms in total. The third-order valence-electron chi connectivity index (χ3n) is 0.402. The fourth-order valence-corrected chi connectivity index (χ4v) is 0.525. The lowest BCUT2D eigenvalue weighted by Gasteiger charge is -1.87. The minimum atomic E-state index is 1.49. The summed E-state index contributed by atoms with van der Waals surface area (Å²) < 4.78 is 2.75. The van der Waals surface area contributed by atoms with E-state index in [0.29, 0.717) is 0 Å². The predicted molar refractivity (Wildman–Crippen MR) is 27.6 cm³/mol. The highest BCUT2D eigenvalue weighted by Gasteiger charge is 1.73. The summed E-state index contributed by atoms with van der Waals surface area (Å²) in [4.78, 5) is 0. The SMILES string of the molecule is C1#CNSC=C1. The molecular weight excluding hydrogens is 94.1 g/mol. The van der Waals surface area contributed by atoms with Crippen LogP contribution in [0.15, 0.2) is 11.5 Å². The predicted octanol–water partition coefficient (Wildman–Crippen LogP) is 0.712. The van der Waals surface area contributed by atoms with E-state index in [-0.39, 0.29) is 0 Å². The molecule has 0 aromatic rings. The molecule has 0 spiro atoms. The van der Waals surface area contributed by atoms with Gasteiger partial charge in [0.25, 0.3) is 0 Å². The Labute approximate surface area is 40.9 Å². The summed E-state index contributed by atoms with van der Waals surface area (Å²) in [6.07, 6.45) is 1.81. The molecular formula is C4H3NS. The maximum Gasteiger partial charge on any atom is 0.0205 e. The van der Waals surface area contributed by atoms with E-state index in [4.69, 9.17) is 0 Å². The lowest BCUT2D eigenvalue weighted by Crippen LogP contribution is -1.89. The van der Waals surface area contributed by atoms with Crippen LogP contribution in [0.5, 0.6) is 0 Å². The zero-order valence-corrected chi connectivity index (χ0v) is 3.88. The van der Waals surface area contributed by atoms with Crippen molar-refractivity contribution in [1.29, 1.82) is 0 Å². The van der Waals surface area contributed by atoms with Crippen LogP contribution in [0.2, 0.25) is 0 Å². The van der Waals surface area contributed by atoms with Crippen LogP contribution in [-0.2, 0) is 0 Å². The van der Waals surface area contributed by atoms with Crippen molar-refractivity contribution in [2.24, 2.45) is 0 Å². The molecule has 0 fully saturated rings. The van der Waals surface area contributed by atoms with Crippen LogP contribution in [0, 0.1) is 12.0 Å². The summed E-state index contributed by atoms with van der Waals surface area (Å²) in [5.74, 6) is 2.72. The maximum atomic E-state index is 2.75. The van der Waals surface area contributed by atoms with E-state index < -0.39 is 0 Å². The highest BCUT2D eigenvalue weighted by molar-refractivity contribution is 8.00. The Hall–Kier alpha value is -0.550. The maximum absolute atomic E-state index is 2.75. The van der Waals surface area contributed by atoms with Crippen molar-refractivity contribution in [2.45, 2.75) is 0 Å². The summed E-state index contributed by atoms with van der Waals surface area (Å²) in [5, 5.41) is 1.90. The lowest BCUT2D eigenvalue weighted by atomic mass is 10.7. The Kier molecular flexibility index (Phi) is 1.08. The quantitative estimate of drug-likeness (QED) is 0.353. The van der Waals surface area contributed by atoms with E-state index in [1.54, 1.807) is 6.08 Å². The summed E-state index contributed by atoms with van der Waals surface area (Å²) >= 11 is 1.49. The van der Waals surface area contributed by atoms with Gasteiger partial charge >= 0.3 is 0 Å². The first-order chi connectivity index (χ1) is 3.00. The lowest BCUT2D eigenvalue weighted by molar-refractivity contribution is 1.52. The number of allylic oxidation sites excluding steroid dienone is 1. The third-order valence-corrected chi connectivity index (χ3v) is 0.894. The van der Waals surface area contributed by atoms with Crippen LogP contribution in [0.1, 0.15) is 0 Å². The Morgan fingerprint density at radius 2 is 2.67 bits per heavy atom. The molecule has 2 heteroatoms. The van der Waals surface area contributed by atoms with Gasteiger partial charge in [-0.2, -0.15) is 0 Å². The smallest absolute Gasteiger partial charge is 0.0205 e. The average molecular weight is 97.1 g/mol. The van der Waals surface area contributed by atoms with Gasteiger partial charge in [-0.3, -0.25) is 4.72 Å². The second kappa shape index (κ2) is 1.78. The highest BCUT2D eigenvalue weighted by atomic mass is 32.2. The molecule has 0 aromatic heterocycles. The van der Waals surface area contributed by atoms with Crippen LogP contribution in [0.25, 0.3) is 0 Å². The molecule has 30 valence electrons. The van der Waals surface area contributed by atoms with Gasteiger partial charge < -0.3 is 0 Å². The van der Waals surface area contributed by atoms with E-state index in [2.05, 4.69) is 16.7 Å². The van der Waals surface area contributed by atoms with Gasteiger partial charge in [-0.05, 0) is 18.0 Å². The van der Waals surface area contributed by atoms with Gasteiger partial charge in [-0.25, -0.2) is 0 Å². The first-order valence-corrected chi connectivity index (χ1v) is 2.44. The monoisotopic (exact) mass is 97.0 g/mol. The number of nitrogens with one attached hydrogen (secondary N) is 1. The highest BCUT2D eigenvalue weighted by Crippen LogP contribution is 1.94. The average Bonchev–Trinajstić information content (AvgIpc) is 1.72. The van der Waals surface area contributed by atoms with Crippen molar-refractivity contribution in [1.82, 2.24) is 4.72 Å².